The second-order valence-corrected chi connectivity index (χ2v) is 8.66. The van der Waals surface area contributed by atoms with Crippen molar-refractivity contribution in [3.63, 3.8) is 0 Å². The van der Waals surface area contributed by atoms with E-state index in [2.05, 4.69) is 0 Å². The van der Waals surface area contributed by atoms with E-state index in [1.54, 1.807) is 8.61 Å². The van der Waals surface area contributed by atoms with Crippen LogP contribution in [0.5, 0.6) is 0 Å². The quantitative estimate of drug-likeness (QED) is 0.746. The van der Waals surface area contributed by atoms with E-state index in [0.717, 1.165) is 13.1 Å². The van der Waals surface area contributed by atoms with Crippen molar-refractivity contribution in [2.24, 2.45) is 11.8 Å². The first-order valence-corrected chi connectivity index (χ1v) is 9.25. The van der Waals surface area contributed by atoms with E-state index < -0.39 is 10.2 Å². The molecular weight excluding hydrogens is 276 g/mol. The molecule has 3 fully saturated rings. The topological polar surface area (TPSA) is 49.9 Å². The SMILES string of the molecule is C[C@H]1CN(S(=O)(=O)N(CC2CC2)CC2CC2)[C@@H](C)CO1. The van der Waals surface area contributed by atoms with Crippen molar-refractivity contribution < 1.29 is 13.2 Å². The molecule has 2 saturated carbocycles. The summed E-state index contributed by atoms with van der Waals surface area (Å²) in [5, 5.41) is 0. The van der Waals surface area contributed by atoms with E-state index >= 15 is 0 Å². The van der Waals surface area contributed by atoms with Gasteiger partial charge in [0, 0.05) is 25.7 Å². The Bertz CT molecular complexity index is 431. The summed E-state index contributed by atoms with van der Waals surface area (Å²) in [6.07, 6.45) is 4.74. The molecule has 20 heavy (non-hydrogen) atoms. The lowest BCUT2D eigenvalue weighted by molar-refractivity contribution is -0.0191. The maximum atomic E-state index is 13.0. The van der Waals surface area contributed by atoms with Crippen molar-refractivity contribution in [3.05, 3.63) is 0 Å². The molecule has 3 aliphatic rings. The minimum absolute atomic E-state index is 0.00956. The van der Waals surface area contributed by atoms with Crippen LogP contribution in [0.4, 0.5) is 0 Å². The predicted molar refractivity (Wildman–Crippen MR) is 77.5 cm³/mol. The highest BCUT2D eigenvalue weighted by atomic mass is 32.2. The summed E-state index contributed by atoms with van der Waals surface area (Å²) in [5.41, 5.74) is 0. The van der Waals surface area contributed by atoms with Crippen molar-refractivity contribution in [1.29, 1.82) is 0 Å². The summed E-state index contributed by atoms with van der Waals surface area (Å²) >= 11 is 0. The van der Waals surface area contributed by atoms with Gasteiger partial charge in [-0.15, -0.1) is 0 Å². The average molecular weight is 302 g/mol. The number of hydrogen-bond acceptors (Lipinski definition) is 3. The first-order valence-electron chi connectivity index (χ1n) is 7.85. The van der Waals surface area contributed by atoms with Crippen molar-refractivity contribution >= 4 is 10.2 Å². The fourth-order valence-corrected chi connectivity index (χ4v) is 4.79. The fraction of sp³-hybridized carbons (Fsp3) is 1.00. The Kier molecular flexibility index (Phi) is 4.10. The van der Waals surface area contributed by atoms with Crippen LogP contribution in [0.25, 0.3) is 0 Å². The summed E-state index contributed by atoms with van der Waals surface area (Å²) in [6.45, 7) is 6.31. The molecule has 0 unspecified atom stereocenters. The van der Waals surface area contributed by atoms with Gasteiger partial charge in [-0.05, 0) is 51.4 Å². The van der Waals surface area contributed by atoms with Gasteiger partial charge < -0.3 is 4.74 Å². The van der Waals surface area contributed by atoms with Gasteiger partial charge in [-0.1, -0.05) is 0 Å². The largest absolute Gasteiger partial charge is 0.375 e. The first-order chi connectivity index (χ1) is 9.46. The third-order valence-corrected chi connectivity index (χ3v) is 6.54. The molecule has 0 aromatic carbocycles. The Morgan fingerprint density at radius 2 is 1.65 bits per heavy atom. The van der Waals surface area contributed by atoms with Crippen LogP contribution in [-0.2, 0) is 14.9 Å². The van der Waals surface area contributed by atoms with Gasteiger partial charge in [0.2, 0.25) is 0 Å². The minimum Gasteiger partial charge on any atom is -0.375 e. The smallest absolute Gasteiger partial charge is 0.282 e. The molecule has 1 saturated heterocycles. The molecule has 0 N–H and O–H groups in total. The molecule has 2 aliphatic carbocycles. The van der Waals surface area contributed by atoms with Crippen LogP contribution in [0.3, 0.4) is 0 Å². The predicted octanol–water partition coefficient (Wildman–Crippen LogP) is 1.46. The average Bonchev–Trinajstić information content (AvgIpc) is 3.25. The summed E-state index contributed by atoms with van der Waals surface area (Å²) < 4.78 is 34.9. The van der Waals surface area contributed by atoms with E-state index in [0.29, 0.717) is 25.0 Å². The van der Waals surface area contributed by atoms with Gasteiger partial charge in [0.25, 0.3) is 10.2 Å². The molecule has 1 aliphatic heterocycles. The van der Waals surface area contributed by atoms with E-state index in [1.807, 2.05) is 13.8 Å². The second-order valence-electron chi connectivity index (χ2n) is 6.77. The van der Waals surface area contributed by atoms with Crippen molar-refractivity contribution in [2.45, 2.75) is 51.7 Å². The van der Waals surface area contributed by atoms with Crippen molar-refractivity contribution in [1.82, 2.24) is 8.61 Å². The van der Waals surface area contributed by atoms with Gasteiger partial charge in [0.05, 0.1) is 12.7 Å². The number of morpholine rings is 1. The van der Waals surface area contributed by atoms with Crippen LogP contribution in [0.1, 0.15) is 39.5 Å². The standard InChI is InChI=1S/C14H26N2O3S/c1-11-10-19-12(2)7-16(11)20(17,18)15(8-13-3-4-13)9-14-5-6-14/h11-14H,3-10H2,1-2H3/t11-,12-/m0/s1. The Balaban J connectivity index is 1.74. The minimum atomic E-state index is -3.33. The molecule has 0 bridgehead atoms. The van der Waals surface area contributed by atoms with Crippen LogP contribution < -0.4 is 0 Å². The molecule has 6 heteroatoms. The fourth-order valence-electron chi connectivity index (χ4n) is 2.78. The zero-order valence-corrected chi connectivity index (χ0v) is 13.3. The monoisotopic (exact) mass is 302 g/mol. The Morgan fingerprint density at radius 1 is 1.10 bits per heavy atom. The lowest BCUT2D eigenvalue weighted by Crippen LogP contribution is -2.55. The van der Waals surface area contributed by atoms with Gasteiger partial charge in [-0.2, -0.15) is 17.0 Å². The Morgan fingerprint density at radius 3 is 2.15 bits per heavy atom. The third kappa shape index (κ3) is 3.35. The maximum Gasteiger partial charge on any atom is 0.282 e. The normalized spacial score (nSPS) is 32.8. The van der Waals surface area contributed by atoms with Crippen LogP contribution in [0, 0.1) is 11.8 Å². The molecule has 0 aromatic rings. The molecule has 0 radical (unpaired) electrons. The van der Waals surface area contributed by atoms with E-state index in [-0.39, 0.29) is 12.1 Å². The van der Waals surface area contributed by atoms with Gasteiger partial charge in [-0.25, -0.2) is 0 Å². The lowest BCUT2D eigenvalue weighted by atomic mass is 10.2. The van der Waals surface area contributed by atoms with Crippen molar-refractivity contribution in [2.75, 3.05) is 26.2 Å². The zero-order valence-electron chi connectivity index (χ0n) is 12.5. The van der Waals surface area contributed by atoms with Gasteiger partial charge in [0.15, 0.2) is 0 Å². The molecule has 1 heterocycles. The van der Waals surface area contributed by atoms with Gasteiger partial charge in [0.1, 0.15) is 0 Å². The number of ether oxygens (including phenoxy) is 1. The van der Waals surface area contributed by atoms with E-state index in [9.17, 15) is 8.42 Å². The Labute approximate surface area is 122 Å². The first kappa shape index (κ1) is 14.8. The lowest BCUT2D eigenvalue weighted by Gasteiger charge is -2.38. The number of nitrogens with zero attached hydrogens (tertiary/aromatic N) is 2. The van der Waals surface area contributed by atoms with Gasteiger partial charge >= 0.3 is 0 Å². The molecule has 3 rings (SSSR count). The second kappa shape index (κ2) is 5.55. The van der Waals surface area contributed by atoms with Crippen molar-refractivity contribution in [3.8, 4) is 0 Å². The summed E-state index contributed by atoms with van der Waals surface area (Å²) in [7, 11) is -3.33. The maximum absolute atomic E-state index is 13.0. The highest BCUT2D eigenvalue weighted by Crippen LogP contribution is 2.35. The number of hydrogen-bond donors (Lipinski definition) is 0. The molecule has 0 amide bonds. The molecule has 5 nitrogen and oxygen atoms in total. The van der Waals surface area contributed by atoms with Crippen LogP contribution in [0.15, 0.2) is 0 Å². The summed E-state index contributed by atoms with van der Waals surface area (Å²) in [5.74, 6) is 1.19. The molecular formula is C14H26N2O3S. The molecule has 2 atom stereocenters. The van der Waals surface area contributed by atoms with E-state index in [1.165, 1.54) is 25.7 Å². The third-order valence-electron chi connectivity index (χ3n) is 4.49. The summed E-state index contributed by atoms with van der Waals surface area (Å²) in [6, 6.07) is -0.0582. The van der Waals surface area contributed by atoms with E-state index in [4.69, 9.17) is 4.74 Å². The highest BCUT2D eigenvalue weighted by Gasteiger charge is 2.41. The Hall–Kier alpha value is -0.170. The summed E-state index contributed by atoms with van der Waals surface area (Å²) in [4.78, 5) is 0. The molecule has 116 valence electrons. The van der Waals surface area contributed by atoms with Gasteiger partial charge in [-0.3, -0.25) is 0 Å². The molecule has 0 spiro atoms. The number of rotatable bonds is 6. The molecule has 0 aromatic heterocycles. The zero-order chi connectivity index (χ0) is 14.3. The van der Waals surface area contributed by atoms with Crippen LogP contribution in [-0.4, -0.2) is 55.4 Å². The van der Waals surface area contributed by atoms with Crippen LogP contribution >= 0.6 is 0 Å². The van der Waals surface area contributed by atoms with Crippen LogP contribution in [0.2, 0.25) is 0 Å². The highest BCUT2D eigenvalue weighted by molar-refractivity contribution is 7.86.